The van der Waals surface area contributed by atoms with Crippen LogP contribution < -0.4 is 28.1 Å². The molecule has 7 aromatic rings. The number of Topliss-reactive ketones (excluding diaryl/α,β-unsaturated/α-hetero) is 1. The van der Waals surface area contributed by atoms with Gasteiger partial charge in [0.05, 0.1) is 37.8 Å². The molecule has 0 amide bonds. The summed E-state index contributed by atoms with van der Waals surface area (Å²) in [7, 11) is 0. The Morgan fingerprint density at radius 3 is 1.38 bits per heavy atom. The van der Waals surface area contributed by atoms with Crippen molar-refractivity contribution in [1.29, 1.82) is 21.2 Å². The number of ether oxygens (including phenoxy) is 2. The Morgan fingerprint density at radius 1 is 0.619 bits per heavy atom. The Bertz CT molecular complexity index is 4560. The van der Waals surface area contributed by atoms with E-state index in [1.807, 2.05) is 32.1 Å². The third-order valence-electron chi connectivity index (χ3n) is 13.0. The van der Waals surface area contributed by atoms with Gasteiger partial charge < -0.3 is 77.0 Å². The minimum atomic E-state index is -0.621. The molecule has 0 radical (unpaired) electrons. The summed E-state index contributed by atoms with van der Waals surface area (Å²) in [6.45, 7) is 46.2. The zero-order valence-corrected chi connectivity index (χ0v) is 65.2. The summed E-state index contributed by atoms with van der Waals surface area (Å²) < 4.78 is 11.9. The SMILES string of the molecule is C.C.C.C=C.C=C.C=C.C=Cn1c(O)c(C#N)c(C)c(N=Nc2ccc(C(=C)C(C)OOCC)cc2)c1=O.CCOC(=O)CC(C)=O.Cc1c(C#N)c(O)n(CCCO)c(=O)c1N=Nc1ccc(O)cc1.Cc1cc(=O)n(CCCO)c(O)c1C#N.N#[N+]c1ccc(O)cc1.NCCO.Nc1ccc(O)cc1.O=NO.[C-]#[N+]CC(=O)OCC. The molecule has 37 nitrogen and oxygen atoms in total. The predicted molar refractivity (Wildman–Crippen MR) is 452 cm³/mol. The first-order valence-corrected chi connectivity index (χ1v) is 33.6. The molecular formula is C81H111N16O21+. The van der Waals surface area contributed by atoms with Crippen molar-refractivity contribution < 1.29 is 84.8 Å². The minimum Gasteiger partial charge on any atom is -0.508 e. The van der Waals surface area contributed by atoms with Crippen molar-refractivity contribution in [3.05, 3.63) is 247 Å². The number of azo groups is 2. The molecule has 0 fully saturated rings. The summed E-state index contributed by atoms with van der Waals surface area (Å²) in [6, 6.07) is 32.1. The van der Waals surface area contributed by atoms with E-state index in [9.17, 15) is 59.7 Å². The maximum Gasteiger partial charge on any atom is 0.387 e. The lowest BCUT2D eigenvalue weighted by molar-refractivity contribution is -0.304. The molecule has 37 heteroatoms. The van der Waals surface area contributed by atoms with E-state index in [-0.39, 0.29) is 154 Å². The fourth-order valence-corrected chi connectivity index (χ4v) is 7.65. The summed E-state index contributed by atoms with van der Waals surface area (Å²) in [5.74, 6) is -1.79. The first-order valence-electron chi connectivity index (χ1n) is 33.6. The van der Waals surface area contributed by atoms with Crippen molar-refractivity contribution in [1.82, 2.24) is 13.7 Å². The van der Waals surface area contributed by atoms with E-state index in [4.69, 9.17) is 74.1 Å². The third kappa shape index (κ3) is 47.0. The van der Waals surface area contributed by atoms with E-state index < -0.39 is 34.8 Å². The monoisotopic (exact) mass is 1640 g/mol. The molecule has 1 atom stereocenters. The van der Waals surface area contributed by atoms with E-state index in [1.165, 1.54) is 80.7 Å². The summed E-state index contributed by atoms with van der Waals surface area (Å²) in [4.78, 5) is 91.2. The van der Waals surface area contributed by atoms with Gasteiger partial charge in [-0.1, -0.05) is 47.6 Å². The highest BCUT2D eigenvalue weighted by molar-refractivity contribution is 5.94. The second-order valence-electron chi connectivity index (χ2n) is 20.9. The largest absolute Gasteiger partial charge is 0.508 e. The van der Waals surface area contributed by atoms with Crippen LogP contribution in [-0.2, 0) is 46.7 Å². The second kappa shape index (κ2) is 72.6. The minimum absolute atomic E-state index is 0. The van der Waals surface area contributed by atoms with Gasteiger partial charge in [0.2, 0.25) is 23.0 Å². The normalized spacial score (nSPS) is 9.28. The van der Waals surface area contributed by atoms with Gasteiger partial charge >= 0.3 is 24.2 Å². The summed E-state index contributed by atoms with van der Waals surface area (Å²) in [6.07, 6.45) is 1.30. The highest BCUT2D eigenvalue weighted by Gasteiger charge is 2.21. The van der Waals surface area contributed by atoms with Crippen LogP contribution in [0.2, 0.25) is 0 Å². The van der Waals surface area contributed by atoms with Crippen LogP contribution in [0.3, 0.4) is 0 Å². The number of aryl methyl sites for hydroxylation is 1. The van der Waals surface area contributed by atoms with E-state index in [1.54, 1.807) is 69.3 Å². The third-order valence-corrected chi connectivity index (χ3v) is 13.0. The number of phenolic OH excluding ortho intramolecular Hbond substituents is 3. The number of aliphatic hydroxyl groups is 3. The highest BCUT2D eigenvalue weighted by Crippen LogP contribution is 2.30. The Morgan fingerprint density at radius 2 is 1.01 bits per heavy atom. The van der Waals surface area contributed by atoms with Crippen LogP contribution in [0.4, 0.5) is 34.1 Å². The molecule has 0 aliphatic heterocycles. The lowest BCUT2D eigenvalue weighted by Gasteiger charge is -2.14. The van der Waals surface area contributed by atoms with E-state index in [2.05, 4.69) is 92.4 Å². The summed E-state index contributed by atoms with van der Waals surface area (Å²) >= 11 is 0. The molecule has 0 aliphatic rings. The van der Waals surface area contributed by atoms with E-state index in [0.29, 0.717) is 61.1 Å². The van der Waals surface area contributed by atoms with E-state index >= 15 is 0 Å². The molecule has 0 bridgehead atoms. The zero-order valence-electron chi connectivity index (χ0n) is 65.2. The number of diazo groups is 1. The number of carbonyl (C=O) groups excluding carboxylic acids is 3. The number of nitrogens with two attached hydrogens (primary N) is 2. The molecule has 1 unspecified atom stereocenters. The maximum atomic E-state index is 12.5. The van der Waals surface area contributed by atoms with Crippen LogP contribution in [0.15, 0.2) is 196 Å². The molecule has 0 saturated carbocycles. The van der Waals surface area contributed by atoms with Gasteiger partial charge in [-0.2, -0.15) is 26.0 Å². The van der Waals surface area contributed by atoms with E-state index in [0.717, 1.165) is 31.0 Å². The Labute approximate surface area is 686 Å². The number of hydrogen-bond acceptors (Lipinski definition) is 31. The van der Waals surface area contributed by atoms with Crippen molar-refractivity contribution in [2.24, 2.45) is 31.5 Å². The number of rotatable bonds is 22. The molecule has 0 spiro atoms. The number of anilines is 1. The number of pyridine rings is 3. The van der Waals surface area contributed by atoms with Crippen LogP contribution in [0.25, 0.3) is 21.6 Å². The van der Waals surface area contributed by atoms with Gasteiger partial charge in [0.25, 0.3) is 16.7 Å². The van der Waals surface area contributed by atoms with Gasteiger partial charge in [-0.3, -0.25) is 37.7 Å². The predicted octanol–water partition coefficient (Wildman–Crippen LogP) is 14.2. The number of esters is 2. The van der Waals surface area contributed by atoms with Crippen molar-refractivity contribution in [2.75, 3.05) is 58.5 Å². The summed E-state index contributed by atoms with van der Waals surface area (Å²) in [5, 5.41) is 141. The molecule has 3 aromatic heterocycles. The standard InChI is InChI=1S/C21H22N4O4.C16H16N4O4.C10H12N2O3.C6H4N2O.C6H7NO.C6H10O3.C5H7NO2.C2H7NO.3C2H4.3CH4.HNO2/c1-6-25-20(26)18(12-22)14(4)19(21(25)27)24-23-17-10-8-16(9-11-17)13(3)15(5)29-28-7-2;1-10-13(9-17)15(23)20(7-2-8-21)16(24)14(10)19-18-11-3-5-12(22)6-4-11;1-7-5-9(14)12(3-2-4-13)10(15)8(7)6-11;7-8-5-1-3-6(9)4-2-5;7-5-1-3-6(8)4-2-5;1-3-9-6(8)4-5(2)7;1-3-8-5(7)4-6-2;3-1-2-4;3*1-2;;;;2-1-3/h6,8-11,15,26H,1,3,7H2,2,4-5H3;3-6,21-23H,2,7-8H2,1H3;5,13,15H,2-4H2,1H3;1-4H;1-4,8H,7H2;3-4H2,1-2H3;3-4H2,1H3;4H,1-3H2;3*1-2H2;3*1H4;(H,2,3)/p+1. The quantitative estimate of drug-likeness (QED) is 0.00256. The number of carbonyl (C=O) groups is 3. The number of aromatic hydroxyl groups is 6. The van der Waals surface area contributed by atoms with Gasteiger partial charge in [0, 0.05) is 74.1 Å². The van der Waals surface area contributed by atoms with Crippen LogP contribution in [0.5, 0.6) is 34.9 Å². The van der Waals surface area contributed by atoms with Crippen molar-refractivity contribution in [3.8, 4) is 53.1 Å². The van der Waals surface area contributed by atoms with Crippen LogP contribution in [-0.4, -0.2) is 141 Å². The number of benzene rings is 4. The fraction of sp³-hybridized carbons (Fsp3) is 0.309. The number of aromatic nitrogens is 3. The van der Waals surface area contributed by atoms with Crippen LogP contribution >= 0.6 is 0 Å². The topological polar surface area (TPSA) is 591 Å². The van der Waals surface area contributed by atoms with Crippen LogP contribution in [0, 0.1) is 71.6 Å². The number of nitrogen functional groups attached to an aromatic ring is 1. The second-order valence-corrected chi connectivity index (χ2v) is 20.9. The molecular weight excluding hydrogens is 1530 g/mol. The Hall–Kier alpha value is -14.6. The molecule has 4 aromatic carbocycles. The average Bonchev–Trinajstić information content (AvgIpc) is 0.858. The molecule has 14 N–H and O–H groups in total. The maximum absolute atomic E-state index is 12.5. The van der Waals surface area contributed by atoms with Crippen molar-refractivity contribution in [3.63, 3.8) is 0 Å². The van der Waals surface area contributed by atoms with Gasteiger partial charge in [0.1, 0.15) is 70.5 Å². The highest BCUT2D eigenvalue weighted by atomic mass is 17.2. The average molecular weight is 1640 g/mol. The number of aliphatic hydroxyl groups excluding tert-OH is 3. The van der Waals surface area contributed by atoms with Gasteiger partial charge in [0.15, 0.2) is 21.7 Å². The van der Waals surface area contributed by atoms with Crippen molar-refractivity contribution in [2.45, 2.75) is 116 Å². The lowest BCUT2D eigenvalue weighted by atomic mass is 10.0. The first kappa shape index (κ1) is 119. The molecule has 7 rings (SSSR count). The number of ketones is 1. The smallest absolute Gasteiger partial charge is 0.387 e. The first-order chi connectivity index (χ1) is 54.9. The number of nitriles is 3. The van der Waals surface area contributed by atoms with Gasteiger partial charge in [-0.05, 0) is 158 Å². The van der Waals surface area contributed by atoms with Crippen molar-refractivity contribution >= 4 is 63.6 Å². The molecule has 118 heavy (non-hydrogen) atoms. The Balaban J connectivity index is -0.000000204. The van der Waals surface area contributed by atoms with Gasteiger partial charge in [-0.25, -0.2) is 21.1 Å². The number of nitrogens with zero attached hydrogens (tertiary/aromatic N) is 14. The molecule has 0 saturated heterocycles. The number of phenols is 3. The Kier molecular flexibility index (Phi) is 73.3. The lowest BCUT2D eigenvalue weighted by Crippen LogP contribution is -2.22. The molecule has 3 heterocycles. The molecule has 640 valence electrons. The van der Waals surface area contributed by atoms with Crippen LogP contribution in [0.1, 0.15) is 115 Å². The number of hydrogen-bond donors (Lipinski definition) is 12. The fourth-order valence-electron chi connectivity index (χ4n) is 7.65. The summed E-state index contributed by atoms with van der Waals surface area (Å²) in [5.41, 5.74) is 12.9. The zero-order chi connectivity index (χ0) is 89.1. The molecule has 0 aliphatic carbocycles. The van der Waals surface area contributed by atoms with Gasteiger partial charge in [-0.15, -0.1) is 54.6 Å².